The van der Waals surface area contributed by atoms with Gasteiger partial charge in [0.1, 0.15) is 18.1 Å². The van der Waals surface area contributed by atoms with Crippen molar-refractivity contribution in [3.63, 3.8) is 0 Å². The summed E-state index contributed by atoms with van der Waals surface area (Å²) in [5.74, 6) is 0.504. The highest BCUT2D eigenvalue weighted by molar-refractivity contribution is 5.95. The van der Waals surface area contributed by atoms with Gasteiger partial charge in [-0.05, 0) is 44.9 Å². The van der Waals surface area contributed by atoms with Gasteiger partial charge in [-0.2, -0.15) is 0 Å². The summed E-state index contributed by atoms with van der Waals surface area (Å²) in [6.07, 6.45) is 1.85. The summed E-state index contributed by atoms with van der Waals surface area (Å²) in [4.78, 5) is 24.8. The molecule has 0 saturated heterocycles. The molecule has 0 radical (unpaired) electrons. The fraction of sp³-hybridized carbons (Fsp3) is 0.500. The van der Waals surface area contributed by atoms with E-state index in [1.54, 1.807) is 12.1 Å². The molecule has 3 rings (SSSR count). The molecule has 0 aliphatic heterocycles. The van der Waals surface area contributed by atoms with Crippen LogP contribution in [-0.2, 0) is 9.59 Å². The second kappa shape index (κ2) is 10.4. The van der Waals surface area contributed by atoms with Crippen molar-refractivity contribution in [1.29, 1.82) is 0 Å². The van der Waals surface area contributed by atoms with Crippen molar-refractivity contribution < 1.29 is 29.1 Å². The first-order valence-corrected chi connectivity index (χ1v) is 10.4. The largest absolute Gasteiger partial charge is 0.492 e. The molecule has 1 amide bonds. The predicted octanol–water partition coefficient (Wildman–Crippen LogP) is 2.45. The predicted molar refractivity (Wildman–Crippen MR) is 114 cm³/mol. The first kappa shape index (κ1) is 22.8. The number of carbonyl (C=O) groups is 2. The topological polar surface area (TPSA) is 125 Å². The highest BCUT2D eigenvalue weighted by atomic mass is 16.5. The van der Waals surface area contributed by atoms with E-state index < -0.39 is 5.97 Å². The quantitative estimate of drug-likeness (QED) is 0.468. The summed E-state index contributed by atoms with van der Waals surface area (Å²) in [5, 5.41) is 25.1. The molecule has 1 aliphatic carbocycles. The summed E-state index contributed by atoms with van der Waals surface area (Å²) in [6, 6.07) is 5.46. The molecule has 3 N–H and O–H groups in total. The van der Waals surface area contributed by atoms with E-state index in [1.807, 2.05) is 24.8 Å². The molecule has 0 unspecified atom stereocenters. The third-order valence-electron chi connectivity index (χ3n) is 5.22. The number of aryl methyl sites for hydroxylation is 2. The van der Waals surface area contributed by atoms with Crippen LogP contribution in [0.3, 0.4) is 0 Å². The van der Waals surface area contributed by atoms with Crippen LogP contribution < -0.4 is 10.1 Å². The number of carboxylic acid groups (broad SMARTS) is 1. The van der Waals surface area contributed by atoms with Gasteiger partial charge in [-0.3, -0.25) is 14.5 Å². The zero-order valence-electron chi connectivity index (χ0n) is 17.9. The second-order valence-corrected chi connectivity index (χ2v) is 7.73. The average molecular weight is 431 g/mol. The molecule has 9 nitrogen and oxygen atoms in total. The molecule has 168 valence electrons. The van der Waals surface area contributed by atoms with Crippen LogP contribution >= 0.6 is 0 Å². The molecule has 1 heterocycles. The van der Waals surface area contributed by atoms with Crippen LogP contribution in [0.2, 0.25) is 0 Å². The number of rotatable bonds is 12. The fourth-order valence-electron chi connectivity index (χ4n) is 3.40. The van der Waals surface area contributed by atoms with Gasteiger partial charge in [0.15, 0.2) is 0 Å². The number of hydrogen-bond donors (Lipinski definition) is 3. The van der Waals surface area contributed by atoms with E-state index in [0.29, 0.717) is 43.4 Å². The van der Waals surface area contributed by atoms with Crippen molar-refractivity contribution in [2.24, 2.45) is 5.92 Å². The molecule has 0 spiro atoms. The van der Waals surface area contributed by atoms with Gasteiger partial charge in [0, 0.05) is 36.8 Å². The van der Waals surface area contributed by atoms with Crippen LogP contribution in [0.25, 0.3) is 11.1 Å². The minimum atomic E-state index is -0.881. The van der Waals surface area contributed by atoms with Gasteiger partial charge >= 0.3 is 5.97 Å². The molecule has 1 aromatic heterocycles. The minimum absolute atomic E-state index is 0.000280. The van der Waals surface area contributed by atoms with Crippen LogP contribution in [0, 0.1) is 19.8 Å². The number of carbonyl (C=O) groups excluding carboxylic acids is 1. The second-order valence-electron chi connectivity index (χ2n) is 7.73. The van der Waals surface area contributed by atoms with Crippen LogP contribution in [0.5, 0.6) is 5.75 Å². The Morgan fingerprint density at radius 3 is 2.65 bits per heavy atom. The van der Waals surface area contributed by atoms with E-state index in [0.717, 1.165) is 29.7 Å². The van der Waals surface area contributed by atoms with Crippen molar-refractivity contribution >= 4 is 17.6 Å². The van der Waals surface area contributed by atoms with E-state index in [4.69, 9.17) is 14.4 Å². The number of carboxylic acids is 1. The molecule has 31 heavy (non-hydrogen) atoms. The lowest BCUT2D eigenvalue weighted by Gasteiger charge is -2.21. The monoisotopic (exact) mass is 431 g/mol. The van der Waals surface area contributed by atoms with Gasteiger partial charge < -0.3 is 24.8 Å². The lowest BCUT2D eigenvalue weighted by atomic mass is 10.0. The Labute approximate surface area is 181 Å². The van der Waals surface area contributed by atoms with Gasteiger partial charge in [0.25, 0.3) is 0 Å². The van der Waals surface area contributed by atoms with Crippen molar-refractivity contribution in [3.05, 3.63) is 29.7 Å². The lowest BCUT2D eigenvalue weighted by Crippen LogP contribution is -2.33. The first-order valence-electron chi connectivity index (χ1n) is 10.4. The summed E-state index contributed by atoms with van der Waals surface area (Å²) in [5.41, 5.74) is 2.98. The van der Waals surface area contributed by atoms with Gasteiger partial charge in [-0.25, -0.2) is 0 Å². The molecule has 1 fully saturated rings. The normalized spacial score (nSPS) is 13.4. The molecular formula is C22H29N3O6. The molecule has 1 aliphatic rings. The molecule has 0 atom stereocenters. The third-order valence-corrected chi connectivity index (χ3v) is 5.22. The summed E-state index contributed by atoms with van der Waals surface area (Å²) >= 11 is 0. The summed E-state index contributed by atoms with van der Waals surface area (Å²) in [6.45, 7) is 5.10. The van der Waals surface area contributed by atoms with Crippen molar-refractivity contribution in [2.75, 3.05) is 38.2 Å². The number of nitrogens with one attached hydrogen (secondary N) is 1. The maximum Gasteiger partial charge on any atom is 0.304 e. The van der Waals surface area contributed by atoms with Gasteiger partial charge in [-0.1, -0.05) is 5.16 Å². The highest BCUT2D eigenvalue weighted by Crippen LogP contribution is 2.37. The Morgan fingerprint density at radius 2 is 2.03 bits per heavy atom. The zero-order valence-corrected chi connectivity index (χ0v) is 17.9. The van der Waals surface area contributed by atoms with E-state index in [-0.39, 0.29) is 24.9 Å². The number of aliphatic carboxylic acids is 1. The Kier molecular flexibility index (Phi) is 7.64. The van der Waals surface area contributed by atoms with Crippen molar-refractivity contribution in [1.82, 2.24) is 10.1 Å². The lowest BCUT2D eigenvalue weighted by molar-refractivity contribution is -0.137. The number of aliphatic hydroxyl groups is 1. The summed E-state index contributed by atoms with van der Waals surface area (Å²) in [7, 11) is 0. The van der Waals surface area contributed by atoms with Crippen molar-refractivity contribution in [2.45, 2.75) is 33.1 Å². The molecule has 1 saturated carbocycles. The van der Waals surface area contributed by atoms with E-state index in [2.05, 4.69) is 10.5 Å². The first-order chi connectivity index (χ1) is 14.9. The van der Waals surface area contributed by atoms with Gasteiger partial charge in [-0.15, -0.1) is 0 Å². The van der Waals surface area contributed by atoms with E-state index in [9.17, 15) is 14.7 Å². The molecular weight excluding hydrogens is 402 g/mol. The Balaban J connectivity index is 1.75. The number of aromatic nitrogens is 1. The van der Waals surface area contributed by atoms with Gasteiger partial charge in [0.05, 0.1) is 24.3 Å². The number of aliphatic hydroxyl groups excluding tert-OH is 1. The maximum atomic E-state index is 12.2. The van der Waals surface area contributed by atoms with E-state index >= 15 is 0 Å². The smallest absolute Gasteiger partial charge is 0.304 e. The third kappa shape index (κ3) is 6.28. The standard InChI is InChI=1S/C22H29N3O6/c1-14-21(15(2)31-24-14)18-13-17(23-22(29)16-3-4-16)5-6-19(18)30-12-10-25(9-11-26)8-7-20(27)28/h5-6,13,16,26H,3-4,7-12H2,1-2H3,(H,23,29)(H,27,28). The number of benzene rings is 1. The molecule has 2 aromatic rings. The van der Waals surface area contributed by atoms with Crippen LogP contribution in [0.4, 0.5) is 5.69 Å². The van der Waals surface area contributed by atoms with Crippen LogP contribution in [0.1, 0.15) is 30.7 Å². The van der Waals surface area contributed by atoms with Crippen molar-refractivity contribution in [3.8, 4) is 16.9 Å². The average Bonchev–Trinajstić information content (AvgIpc) is 3.52. The molecule has 9 heteroatoms. The Hall–Kier alpha value is -2.91. The number of hydrogen-bond acceptors (Lipinski definition) is 7. The molecule has 0 bridgehead atoms. The zero-order chi connectivity index (χ0) is 22.4. The van der Waals surface area contributed by atoms with Gasteiger partial charge in [0.2, 0.25) is 5.91 Å². The Morgan fingerprint density at radius 1 is 1.26 bits per heavy atom. The molecule has 1 aromatic carbocycles. The number of amides is 1. The Bertz CT molecular complexity index is 902. The van der Waals surface area contributed by atoms with E-state index in [1.165, 1.54) is 0 Å². The fourth-order valence-corrected chi connectivity index (χ4v) is 3.40. The maximum absolute atomic E-state index is 12.2. The SMILES string of the molecule is Cc1noc(C)c1-c1cc(NC(=O)C2CC2)ccc1OCCN(CCO)CCC(=O)O. The highest BCUT2D eigenvalue weighted by Gasteiger charge is 2.29. The van der Waals surface area contributed by atoms with Crippen LogP contribution in [-0.4, -0.2) is 65.0 Å². The number of nitrogens with zero attached hydrogens (tertiary/aromatic N) is 2. The minimum Gasteiger partial charge on any atom is -0.492 e. The number of ether oxygens (including phenoxy) is 1. The van der Waals surface area contributed by atoms with Crippen LogP contribution in [0.15, 0.2) is 22.7 Å². The number of anilines is 1. The summed E-state index contributed by atoms with van der Waals surface area (Å²) < 4.78 is 11.3.